The molecule has 1 aliphatic heterocycles. The molecule has 9 heteroatoms. The van der Waals surface area contributed by atoms with Crippen LogP contribution in [-0.2, 0) is 9.53 Å². The molecule has 3 aromatic heterocycles. The molecule has 5 aromatic rings. The predicted molar refractivity (Wildman–Crippen MR) is 154 cm³/mol. The molecule has 6 rings (SSSR count). The first-order chi connectivity index (χ1) is 19.0. The quantitative estimate of drug-likeness (QED) is 0.286. The van der Waals surface area contributed by atoms with Crippen molar-refractivity contribution in [2.24, 2.45) is 4.99 Å². The lowest BCUT2D eigenvalue weighted by Crippen LogP contribution is -2.39. The summed E-state index contributed by atoms with van der Waals surface area (Å²) >= 11 is 2.90. The number of carbonyl (C=O) groups excluding carboxylic acids is 1. The molecule has 2 aromatic carbocycles. The van der Waals surface area contributed by atoms with Crippen LogP contribution in [0.15, 0.2) is 105 Å². The highest BCUT2D eigenvalue weighted by Crippen LogP contribution is 2.31. The fraction of sp³-hybridized carbons (Fsp3) is 0.133. The average molecular weight is 553 g/mol. The van der Waals surface area contributed by atoms with Gasteiger partial charge in [0.05, 0.1) is 39.0 Å². The molecular weight excluding hydrogens is 528 g/mol. The third kappa shape index (κ3) is 4.60. The number of thiophene rings is 1. The molecule has 0 fully saturated rings. The second-order valence-electron chi connectivity index (χ2n) is 8.90. The number of esters is 1. The second-order valence-corrected chi connectivity index (χ2v) is 10.9. The number of fused-ring (bicyclic) bond motifs is 1. The van der Waals surface area contributed by atoms with Gasteiger partial charge in [0.2, 0.25) is 0 Å². The van der Waals surface area contributed by atoms with E-state index >= 15 is 0 Å². The minimum absolute atomic E-state index is 0.216. The maximum atomic E-state index is 14.0. The van der Waals surface area contributed by atoms with Crippen molar-refractivity contribution in [2.75, 3.05) is 6.61 Å². The molecule has 7 nitrogen and oxygen atoms in total. The van der Waals surface area contributed by atoms with Crippen LogP contribution in [0.3, 0.4) is 0 Å². The number of carbonyl (C=O) groups is 1. The summed E-state index contributed by atoms with van der Waals surface area (Å²) in [6, 6.07) is 22.8. The van der Waals surface area contributed by atoms with E-state index in [0.29, 0.717) is 20.6 Å². The van der Waals surface area contributed by atoms with E-state index in [2.05, 4.69) is 4.99 Å². The smallest absolute Gasteiger partial charge is 0.338 e. The van der Waals surface area contributed by atoms with Crippen molar-refractivity contribution < 1.29 is 9.53 Å². The number of thiazole rings is 1. The van der Waals surface area contributed by atoms with Gasteiger partial charge >= 0.3 is 5.97 Å². The van der Waals surface area contributed by atoms with Crippen LogP contribution in [0.1, 0.15) is 31.0 Å². The lowest BCUT2D eigenvalue weighted by atomic mass is 9.96. The van der Waals surface area contributed by atoms with Crippen LogP contribution >= 0.6 is 22.7 Å². The zero-order valence-electron chi connectivity index (χ0n) is 21.3. The highest BCUT2D eigenvalue weighted by atomic mass is 32.1. The van der Waals surface area contributed by atoms with E-state index in [9.17, 15) is 9.59 Å². The van der Waals surface area contributed by atoms with E-state index in [0.717, 1.165) is 27.4 Å². The maximum Gasteiger partial charge on any atom is 0.338 e. The molecule has 0 aliphatic carbocycles. The first-order valence-electron chi connectivity index (χ1n) is 12.5. The summed E-state index contributed by atoms with van der Waals surface area (Å²) in [4.78, 5) is 33.3. The number of aromatic nitrogens is 3. The van der Waals surface area contributed by atoms with Crippen molar-refractivity contribution in [2.45, 2.75) is 19.9 Å². The number of para-hydroxylation sites is 1. The minimum Gasteiger partial charge on any atom is -0.463 e. The summed E-state index contributed by atoms with van der Waals surface area (Å²) < 4.78 is 9.32. The Morgan fingerprint density at radius 2 is 1.79 bits per heavy atom. The molecule has 0 unspecified atom stereocenters. The summed E-state index contributed by atoms with van der Waals surface area (Å²) in [5, 5.41) is 6.87. The fourth-order valence-corrected chi connectivity index (χ4v) is 6.46. The van der Waals surface area contributed by atoms with Gasteiger partial charge in [0.25, 0.3) is 5.56 Å². The van der Waals surface area contributed by atoms with Gasteiger partial charge < -0.3 is 4.74 Å². The highest BCUT2D eigenvalue weighted by Gasteiger charge is 2.33. The molecule has 0 saturated heterocycles. The highest BCUT2D eigenvalue weighted by molar-refractivity contribution is 7.13. The Balaban J connectivity index is 1.55. The fourth-order valence-electron chi connectivity index (χ4n) is 4.69. The van der Waals surface area contributed by atoms with Crippen LogP contribution in [-0.4, -0.2) is 26.9 Å². The molecule has 0 radical (unpaired) electrons. The Morgan fingerprint density at radius 3 is 2.49 bits per heavy atom. The van der Waals surface area contributed by atoms with Crippen LogP contribution in [0, 0.1) is 0 Å². The van der Waals surface area contributed by atoms with Crippen LogP contribution in [0.5, 0.6) is 0 Å². The van der Waals surface area contributed by atoms with Crippen LogP contribution in [0.2, 0.25) is 0 Å². The van der Waals surface area contributed by atoms with Gasteiger partial charge in [-0.2, -0.15) is 5.10 Å². The van der Waals surface area contributed by atoms with E-state index < -0.39 is 12.0 Å². The molecule has 0 saturated carbocycles. The Bertz CT molecular complexity index is 1870. The van der Waals surface area contributed by atoms with E-state index in [4.69, 9.17) is 9.84 Å². The molecule has 4 heterocycles. The maximum absolute atomic E-state index is 14.0. The Morgan fingerprint density at radius 1 is 1.05 bits per heavy atom. The molecule has 0 N–H and O–H groups in total. The van der Waals surface area contributed by atoms with Gasteiger partial charge in [-0.1, -0.05) is 65.9 Å². The predicted octanol–water partition coefficient (Wildman–Crippen LogP) is 4.71. The first-order valence-corrected chi connectivity index (χ1v) is 14.2. The van der Waals surface area contributed by atoms with Crippen molar-refractivity contribution in [3.8, 4) is 16.3 Å². The molecule has 1 aliphatic rings. The van der Waals surface area contributed by atoms with Crippen LogP contribution in [0.25, 0.3) is 22.3 Å². The van der Waals surface area contributed by atoms with Crippen molar-refractivity contribution in [1.29, 1.82) is 0 Å². The number of nitrogens with zero attached hydrogens (tertiary/aromatic N) is 4. The first kappa shape index (κ1) is 25.0. The Hall–Kier alpha value is -4.34. The molecule has 194 valence electrons. The molecule has 0 spiro atoms. The van der Waals surface area contributed by atoms with Crippen LogP contribution in [0.4, 0.5) is 0 Å². The summed E-state index contributed by atoms with van der Waals surface area (Å²) in [7, 11) is 0. The topological polar surface area (TPSA) is 78.5 Å². The number of ether oxygens (including phenoxy) is 1. The lowest BCUT2D eigenvalue weighted by molar-refractivity contribution is -0.139. The molecule has 1 atom stereocenters. The van der Waals surface area contributed by atoms with E-state index in [1.165, 1.54) is 11.3 Å². The number of rotatable bonds is 6. The second kappa shape index (κ2) is 10.4. The molecule has 0 amide bonds. The summed E-state index contributed by atoms with van der Waals surface area (Å²) in [5.41, 5.74) is 4.07. The van der Waals surface area contributed by atoms with E-state index in [1.807, 2.05) is 95.1 Å². The van der Waals surface area contributed by atoms with E-state index in [-0.39, 0.29) is 12.2 Å². The van der Waals surface area contributed by atoms with Gasteiger partial charge in [-0.3, -0.25) is 9.36 Å². The van der Waals surface area contributed by atoms with Crippen LogP contribution < -0.4 is 14.9 Å². The Labute approximate surface area is 232 Å². The molecular formula is C30H24N4O3S2. The third-order valence-corrected chi connectivity index (χ3v) is 8.30. The van der Waals surface area contributed by atoms with Gasteiger partial charge in [0.1, 0.15) is 5.69 Å². The Kier molecular flexibility index (Phi) is 6.68. The van der Waals surface area contributed by atoms with Gasteiger partial charge in [0.15, 0.2) is 4.80 Å². The lowest BCUT2D eigenvalue weighted by Gasteiger charge is -2.24. The largest absolute Gasteiger partial charge is 0.463 e. The van der Waals surface area contributed by atoms with Crippen molar-refractivity contribution in [3.05, 3.63) is 126 Å². The summed E-state index contributed by atoms with van der Waals surface area (Å²) in [6.07, 6.45) is 3.81. The normalized spacial score (nSPS) is 15.2. The number of hydrogen-bond acceptors (Lipinski definition) is 7. The number of allylic oxidation sites excluding steroid dienone is 1. The van der Waals surface area contributed by atoms with Gasteiger partial charge in [-0.05, 0) is 49.1 Å². The van der Waals surface area contributed by atoms with Gasteiger partial charge in [0, 0.05) is 11.8 Å². The zero-order chi connectivity index (χ0) is 26.9. The van der Waals surface area contributed by atoms with Crippen molar-refractivity contribution in [3.63, 3.8) is 0 Å². The van der Waals surface area contributed by atoms with Gasteiger partial charge in [-0.25, -0.2) is 14.5 Å². The monoisotopic (exact) mass is 552 g/mol. The van der Waals surface area contributed by atoms with Crippen molar-refractivity contribution in [1.82, 2.24) is 14.3 Å². The standard InChI is InChI=1S/C30H24N4O3S2/c1-3-37-29(36)25-19(2)31-30-34(27(25)20-11-6-4-7-12-20)28(35)24(39-30)17-21-18-33(22-13-8-5-9-14-22)32-26(21)23-15-10-16-38-23/h4-18,27H,3H2,1-2H3/b24-17-/t27-/m0/s1. The summed E-state index contributed by atoms with van der Waals surface area (Å²) in [6.45, 7) is 3.79. The SMILES string of the molecule is CCOC(=O)C1=C(C)N=c2s/c(=C\c3cn(-c4ccccc4)nc3-c3cccs3)c(=O)n2[C@H]1c1ccccc1. The average Bonchev–Trinajstić information content (AvgIpc) is 3.69. The number of hydrogen-bond donors (Lipinski definition) is 0. The molecule has 0 bridgehead atoms. The minimum atomic E-state index is -0.632. The number of benzene rings is 2. The summed E-state index contributed by atoms with van der Waals surface area (Å²) in [5.74, 6) is -0.467. The van der Waals surface area contributed by atoms with E-state index in [1.54, 1.807) is 29.8 Å². The third-order valence-electron chi connectivity index (χ3n) is 6.44. The zero-order valence-corrected chi connectivity index (χ0v) is 22.9. The molecule has 39 heavy (non-hydrogen) atoms. The van der Waals surface area contributed by atoms with Gasteiger partial charge in [-0.15, -0.1) is 11.3 Å². The van der Waals surface area contributed by atoms with Crippen molar-refractivity contribution >= 4 is 34.7 Å².